The van der Waals surface area contributed by atoms with E-state index >= 15 is 0 Å². The van der Waals surface area contributed by atoms with E-state index in [9.17, 15) is 4.79 Å². The van der Waals surface area contributed by atoms with Crippen LogP contribution in [0, 0.1) is 0 Å². The Hall–Kier alpha value is -3.32. The Morgan fingerprint density at radius 1 is 0.632 bits per heavy atom. The minimum absolute atomic E-state index is 0.102. The summed E-state index contributed by atoms with van der Waals surface area (Å²) >= 11 is 2.49. The van der Waals surface area contributed by atoms with Crippen molar-refractivity contribution < 1.29 is 0 Å². The number of halogens is 1. The van der Waals surface area contributed by atoms with E-state index < -0.39 is 17.0 Å². The van der Waals surface area contributed by atoms with Gasteiger partial charge >= 0.3 is 234 Å². The number of fused-ring (bicyclic) bond motifs is 1. The van der Waals surface area contributed by atoms with Crippen LogP contribution in [0.1, 0.15) is 0 Å². The van der Waals surface area contributed by atoms with Crippen LogP contribution in [0.5, 0.6) is 0 Å². The molecule has 0 aliphatic carbocycles. The third-order valence-electron chi connectivity index (χ3n) is 6.60. The monoisotopic (exact) mass is 638 g/mol. The summed E-state index contributed by atoms with van der Waals surface area (Å²) in [5.41, 5.74) is 1.29. The molecule has 5 aromatic carbocycles. The topological polar surface area (TPSA) is 34.9 Å². The molecule has 3 nitrogen and oxygen atoms in total. The fourth-order valence-corrected chi connectivity index (χ4v) is 23.9. The Bertz CT molecular complexity index is 1670. The van der Waals surface area contributed by atoms with Gasteiger partial charge in [-0.25, -0.2) is 0 Å². The molecule has 0 unspecified atom stereocenters. The summed E-state index contributed by atoms with van der Waals surface area (Å²) in [4.78, 5) is 19.2. The second kappa shape index (κ2) is 10.8. The van der Waals surface area contributed by atoms with Crippen molar-refractivity contribution in [3.05, 3.63) is 155 Å². The number of nitrogens with zero attached hydrogens (tertiary/aromatic N) is 2. The zero-order valence-electron chi connectivity index (χ0n) is 20.4. The molecule has 0 saturated carbocycles. The van der Waals surface area contributed by atoms with E-state index in [0.717, 1.165) is 5.69 Å². The Kier molecular flexibility index (Phi) is 7.11. The van der Waals surface area contributed by atoms with E-state index in [4.69, 9.17) is 16.6 Å². The normalized spacial score (nSPS) is 11.5. The molecule has 0 saturated heterocycles. The van der Waals surface area contributed by atoms with Crippen molar-refractivity contribution in [3.63, 3.8) is 0 Å². The van der Waals surface area contributed by atoms with Gasteiger partial charge in [-0.2, -0.15) is 0 Å². The molecule has 6 rings (SSSR count). The number of hydrogen-bond acceptors (Lipinski definition) is 3. The quantitative estimate of drug-likeness (QED) is 0.171. The zero-order valence-corrected chi connectivity index (χ0v) is 24.8. The average molecular weight is 638 g/mol. The summed E-state index contributed by atoms with van der Waals surface area (Å²) in [6.07, 6.45) is 0. The maximum atomic E-state index is 14.0. The fourth-order valence-electron chi connectivity index (χ4n) is 4.84. The molecule has 0 radical (unpaired) electrons. The SMILES string of the molecule is O=c1c2ccc(Cl)cc2nc([S][Sn]([c]2ccccc2)([c]2ccccc2)[c]2ccccc2)n1-c1ccccc1. The summed E-state index contributed by atoms with van der Waals surface area (Å²) in [5.74, 6) is 0. The molecule has 0 aliphatic rings. The average Bonchev–Trinajstić information content (AvgIpc) is 2.97. The molecule has 0 amide bonds. The molecule has 0 bridgehead atoms. The molecule has 38 heavy (non-hydrogen) atoms. The van der Waals surface area contributed by atoms with Gasteiger partial charge in [0, 0.05) is 0 Å². The number of rotatable bonds is 6. The summed E-state index contributed by atoms with van der Waals surface area (Å²) in [6, 6.07) is 47.2. The van der Waals surface area contributed by atoms with Crippen molar-refractivity contribution in [2.45, 2.75) is 5.16 Å². The molecule has 0 aliphatic heterocycles. The molecule has 6 aromatic rings. The summed E-state index contributed by atoms with van der Waals surface area (Å²) < 4.78 is 5.65. The molecular formula is C32H23ClN2OSSn. The summed E-state index contributed by atoms with van der Waals surface area (Å²) in [7, 11) is 1.77. The first kappa shape index (κ1) is 25.0. The van der Waals surface area contributed by atoms with Crippen LogP contribution in [0.4, 0.5) is 0 Å². The fraction of sp³-hybridized carbons (Fsp3) is 0. The van der Waals surface area contributed by atoms with Crippen LogP contribution in [0.3, 0.4) is 0 Å². The first-order chi connectivity index (χ1) is 18.7. The van der Waals surface area contributed by atoms with Gasteiger partial charge in [-0.3, -0.25) is 0 Å². The molecule has 184 valence electrons. The van der Waals surface area contributed by atoms with Crippen molar-refractivity contribution in [2.24, 2.45) is 0 Å². The summed E-state index contributed by atoms with van der Waals surface area (Å²) in [6.45, 7) is 0. The van der Waals surface area contributed by atoms with Crippen molar-refractivity contribution >= 4 is 59.2 Å². The third kappa shape index (κ3) is 4.57. The number of hydrogen-bond donors (Lipinski definition) is 0. The van der Waals surface area contributed by atoms with Gasteiger partial charge in [0.05, 0.1) is 0 Å². The van der Waals surface area contributed by atoms with Gasteiger partial charge in [-0.1, -0.05) is 0 Å². The standard InChI is InChI=1S/C14H9ClN2OS.3C6H5.Sn/c15-9-6-7-11-12(8-9)16-14(19)17(13(11)18)10-4-2-1-3-5-10;3*1-2-4-6-5-3-1;/h1-8H,(H,16,19);3*1-5H;/q;;;;+1/p-1. The molecule has 0 fully saturated rings. The van der Waals surface area contributed by atoms with E-state index in [1.165, 1.54) is 10.7 Å². The van der Waals surface area contributed by atoms with Gasteiger partial charge in [0.2, 0.25) is 0 Å². The Morgan fingerprint density at radius 3 is 1.61 bits per heavy atom. The van der Waals surface area contributed by atoms with Gasteiger partial charge < -0.3 is 0 Å². The number of para-hydroxylation sites is 1. The van der Waals surface area contributed by atoms with Crippen LogP contribution in [0.25, 0.3) is 16.6 Å². The third-order valence-corrected chi connectivity index (χ3v) is 26.3. The predicted molar refractivity (Wildman–Crippen MR) is 162 cm³/mol. The Morgan fingerprint density at radius 2 is 1.11 bits per heavy atom. The van der Waals surface area contributed by atoms with E-state index in [0.29, 0.717) is 21.1 Å². The molecule has 0 spiro atoms. The van der Waals surface area contributed by atoms with Crippen LogP contribution >= 0.6 is 20.5 Å². The molecule has 0 N–H and O–H groups in total. The van der Waals surface area contributed by atoms with Gasteiger partial charge in [0.1, 0.15) is 0 Å². The van der Waals surface area contributed by atoms with Gasteiger partial charge in [0.25, 0.3) is 0 Å². The maximum absolute atomic E-state index is 14.0. The predicted octanol–water partition coefficient (Wildman–Crippen LogP) is 5.80. The van der Waals surface area contributed by atoms with Crippen molar-refractivity contribution in [1.82, 2.24) is 9.55 Å². The molecule has 6 heteroatoms. The number of benzene rings is 5. The van der Waals surface area contributed by atoms with Crippen LogP contribution in [0.2, 0.25) is 5.02 Å². The van der Waals surface area contributed by atoms with Gasteiger partial charge in [-0.15, -0.1) is 0 Å². The van der Waals surface area contributed by atoms with Crippen molar-refractivity contribution in [2.75, 3.05) is 0 Å². The van der Waals surface area contributed by atoms with Crippen molar-refractivity contribution in [1.29, 1.82) is 0 Å². The zero-order chi connectivity index (χ0) is 26.0. The Labute approximate surface area is 233 Å². The molecular weight excluding hydrogens is 615 g/mol. The number of aromatic nitrogens is 2. The molecule has 1 heterocycles. The second-order valence-electron chi connectivity index (χ2n) is 8.91. The van der Waals surface area contributed by atoms with E-state index in [-0.39, 0.29) is 5.56 Å². The van der Waals surface area contributed by atoms with E-state index in [1.807, 2.05) is 30.3 Å². The van der Waals surface area contributed by atoms with Crippen LogP contribution < -0.4 is 16.3 Å². The van der Waals surface area contributed by atoms with Crippen LogP contribution in [-0.2, 0) is 0 Å². The van der Waals surface area contributed by atoms with Crippen molar-refractivity contribution in [3.8, 4) is 5.69 Å². The first-order valence-corrected chi connectivity index (χ1v) is 21.3. The van der Waals surface area contributed by atoms with E-state index in [1.54, 1.807) is 31.7 Å². The summed E-state index contributed by atoms with van der Waals surface area (Å²) in [5, 5.41) is 1.77. The van der Waals surface area contributed by atoms with Crippen LogP contribution in [0.15, 0.2) is 149 Å². The Balaban J connectivity index is 1.71. The molecule has 1 aromatic heterocycles. The molecule has 0 atom stereocenters. The van der Waals surface area contributed by atoms with Gasteiger partial charge in [0.15, 0.2) is 0 Å². The van der Waals surface area contributed by atoms with E-state index in [2.05, 4.69) is 91.0 Å². The van der Waals surface area contributed by atoms with Crippen LogP contribution in [-0.4, -0.2) is 26.5 Å². The minimum atomic E-state index is -3.87. The van der Waals surface area contributed by atoms with Gasteiger partial charge in [-0.05, 0) is 0 Å². The first-order valence-electron chi connectivity index (χ1n) is 12.3. The second-order valence-corrected chi connectivity index (χ2v) is 24.6.